The number of hydrogen-bond donors (Lipinski definition) is 3. The molecule has 0 heterocycles. The van der Waals surface area contributed by atoms with Crippen molar-refractivity contribution >= 4 is 36.9 Å². The summed E-state index contributed by atoms with van der Waals surface area (Å²) in [6.07, 6.45) is 10.9. The first-order chi connectivity index (χ1) is 32.0. The van der Waals surface area contributed by atoms with Gasteiger partial charge in [-0.1, -0.05) is 78.3 Å². The first kappa shape index (κ1) is 51.8. The highest BCUT2D eigenvalue weighted by molar-refractivity contribution is 7.54. The number of carbonyl (C=O) groups is 4. The predicted octanol–water partition coefficient (Wildman–Crippen LogP) is 11.1. The van der Waals surface area contributed by atoms with E-state index in [4.69, 9.17) is 18.5 Å². The molecule has 2 amide bonds. The van der Waals surface area contributed by atoms with E-state index in [9.17, 15) is 23.7 Å². The molecule has 0 aromatic heterocycles. The normalized spacial score (nSPS) is 33.3. The van der Waals surface area contributed by atoms with Gasteiger partial charge in [-0.25, -0.2) is 0 Å². The molecule has 4 saturated carbocycles. The van der Waals surface area contributed by atoms with Crippen LogP contribution in [-0.4, -0.2) is 63.1 Å². The Labute approximate surface area is 406 Å². The molecule has 5 aliphatic rings. The maximum Gasteiger partial charge on any atom is 0.357 e. The van der Waals surface area contributed by atoms with E-state index >= 15 is 0 Å². The van der Waals surface area contributed by atoms with Gasteiger partial charge >= 0.3 is 13.6 Å². The lowest BCUT2D eigenvalue weighted by atomic mass is 9.33. The number of benzene rings is 2. The molecular formula is C55H80N3O9P. The summed E-state index contributed by atoms with van der Waals surface area (Å²) in [6, 6.07) is 14.7. The van der Waals surface area contributed by atoms with Crippen molar-refractivity contribution in [3.05, 3.63) is 71.3 Å². The van der Waals surface area contributed by atoms with Gasteiger partial charge in [-0.2, -0.15) is 0 Å². The van der Waals surface area contributed by atoms with Gasteiger partial charge in [0, 0.05) is 42.4 Å². The molecule has 4 fully saturated rings. The van der Waals surface area contributed by atoms with Crippen molar-refractivity contribution in [3.63, 3.8) is 0 Å². The summed E-state index contributed by atoms with van der Waals surface area (Å²) in [5, 5.41) is 9.60. The lowest BCUT2D eigenvalue weighted by Crippen LogP contribution is -2.66. The molecule has 0 bridgehead atoms. The Kier molecular flexibility index (Phi) is 15.0. The molecule has 374 valence electrons. The first-order valence-corrected chi connectivity index (χ1v) is 27.0. The molecule has 1 unspecified atom stereocenters. The van der Waals surface area contributed by atoms with Crippen LogP contribution in [0.15, 0.2) is 60.2 Å². The van der Waals surface area contributed by atoms with Gasteiger partial charge in [0.05, 0.1) is 26.7 Å². The smallest absolute Gasteiger partial charge is 0.357 e. The highest BCUT2D eigenvalue weighted by Crippen LogP contribution is 2.75. The van der Waals surface area contributed by atoms with E-state index in [2.05, 4.69) is 70.5 Å². The second kappa shape index (κ2) is 19.7. The molecule has 68 heavy (non-hydrogen) atoms. The van der Waals surface area contributed by atoms with Crippen molar-refractivity contribution in [2.75, 3.05) is 38.7 Å². The Hall–Kier alpha value is -3.99. The monoisotopic (exact) mass is 958 g/mol. The number of allylic oxidation sites excluding steroid dienone is 2. The molecule has 13 heteroatoms. The minimum absolute atomic E-state index is 0.0256. The number of amides is 2. The van der Waals surface area contributed by atoms with Crippen LogP contribution in [0, 0.1) is 50.2 Å². The fraction of sp³-hybridized carbons (Fsp3) is 0.673. The van der Waals surface area contributed by atoms with Gasteiger partial charge in [-0.05, 0) is 153 Å². The van der Waals surface area contributed by atoms with Gasteiger partial charge < -0.3 is 34.5 Å². The third kappa shape index (κ3) is 9.48. The van der Waals surface area contributed by atoms with Crippen molar-refractivity contribution < 1.29 is 42.3 Å². The number of fused-ring (bicyclic) bond motifs is 7. The summed E-state index contributed by atoms with van der Waals surface area (Å²) in [4.78, 5) is 54.2. The van der Waals surface area contributed by atoms with Gasteiger partial charge in [-0.3, -0.25) is 23.7 Å². The number of ether oxygens (including phenoxy) is 2. The number of nitrogens with one attached hydrogen (secondary N) is 3. The molecule has 2 aromatic carbocycles. The fourth-order valence-corrected chi connectivity index (χ4v) is 16.2. The van der Waals surface area contributed by atoms with E-state index in [0.29, 0.717) is 37.4 Å². The van der Waals surface area contributed by atoms with Gasteiger partial charge in [0.25, 0.3) is 0 Å². The van der Waals surface area contributed by atoms with Crippen LogP contribution in [-0.2, 0) is 43.9 Å². The average Bonchev–Trinajstić information content (AvgIpc) is 3.28. The zero-order valence-corrected chi connectivity index (χ0v) is 43.7. The van der Waals surface area contributed by atoms with Crippen LogP contribution in [0.25, 0.3) is 0 Å². The Morgan fingerprint density at radius 2 is 1.46 bits per heavy atom. The molecule has 10 atom stereocenters. The van der Waals surface area contributed by atoms with Crippen LogP contribution >= 0.6 is 7.60 Å². The lowest BCUT2D eigenvalue weighted by molar-refractivity contribution is -0.210. The van der Waals surface area contributed by atoms with Crippen LogP contribution in [0.5, 0.6) is 5.75 Å². The number of rotatable bonds is 17. The third-order valence-corrected chi connectivity index (χ3v) is 20.6. The Balaban J connectivity index is 0.939. The van der Waals surface area contributed by atoms with Gasteiger partial charge in [0.2, 0.25) is 11.8 Å². The summed E-state index contributed by atoms with van der Waals surface area (Å²) in [5.41, 5.74) is 2.17. The highest BCUT2D eigenvalue weighted by atomic mass is 31.2. The van der Waals surface area contributed by atoms with Crippen LogP contribution in [0.3, 0.4) is 0 Å². The predicted molar refractivity (Wildman–Crippen MR) is 266 cm³/mol. The topological polar surface area (TPSA) is 158 Å². The molecule has 0 aliphatic heterocycles. The zero-order chi connectivity index (χ0) is 49.5. The van der Waals surface area contributed by atoms with E-state index in [1.54, 1.807) is 33.1 Å². The van der Waals surface area contributed by atoms with Crippen LogP contribution < -0.4 is 20.7 Å². The molecule has 0 radical (unpaired) electrons. The summed E-state index contributed by atoms with van der Waals surface area (Å²) >= 11 is 0. The third-order valence-electron chi connectivity index (χ3n) is 18.3. The Bertz CT molecular complexity index is 2270. The van der Waals surface area contributed by atoms with E-state index < -0.39 is 18.8 Å². The number of anilines is 1. The van der Waals surface area contributed by atoms with Crippen molar-refractivity contribution in [2.45, 2.75) is 152 Å². The molecule has 3 N–H and O–H groups in total. The number of methoxy groups -OCH3 is 1. The maximum atomic E-state index is 14.9. The second-order valence-corrected chi connectivity index (χ2v) is 24.9. The molecule has 0 spiro atoms. The summed E-state index contributed by atoms with van der Waals surface area (Å²) in [7, 11) is -2.02. The number of esters is 1. The standard InChI is InChI=1S/C55H80N3O9P/c1-12-65-68(63,66-13-2)48(38-17-21-40(64-11)22-18-38)58-39-19-15-37(16-20-39)33-46(61)56-31-14-32-57-49(62)52(7)28-27-51(6)29-30-54(9)41(42(51)35-52)34-43(60)47-53(8)25-24-45(67-36(3)59)50(4,5)44(53)23-26-55(47,54)10/h15-22,34,42,44-45,47-48,58H,12-14,23-33,35H2,1-11H3,(H,56,61)(H,57,62)/t42-,44-,45-,47+,48?,51+,52-,53-,54+,55+/m0/s1. The van der Waals surface area contributed by atoms with Gasteiger partial charge in [-0.15, -0.1) is 0 Å². The zero-order valence-electron chi connectivity index (χ0n) is 42.8. The lowest BCUT2D eigenvalue weighted by Gasteiger charge is -2.70. The summed E-state index contributed by atoms with van der Waals surface area (Å²) in [6.45, 7) is 22.6. The second-order valence-electron chi connectivity index (χ2n) is 22.7. The quantitative estimate of drug-likeness (QED) is 0.0792. The fourth-order valence-electron chi connectivity index (χ4n) is 14.3. The SMILES string of the molecule is CCOP(=O)(OCC)C(Nc1ccc(CC(=O)NCCCNC(=O)[C@@]2(C)CC[C@]3(C)CC[C@]4(C)C(=CC(=O)[C@@H]5[C@@]6(C)CC[C@H](OC(C)=O)C(C)(C)[C@@H]6CC[C@]54C)[C@@H]3C2)cc1)c1ccc(OC)cc1. The Morgan fingerprint density at radius 1 is 0.809 bits per heavy atom. The van der Waals surface area contributed by atoms with Crippen molar-refractivity contribution in [3.8, 4) is 5.75 Å². The van der Waals surface area contributed by atoms with E-state index in [1.165, 1.54) is 12.5 Å². The molecule has 2 aromatic rings. The largest absolute Gasteiger partial charge is 0.497 e. The number of carbonyl (C=O) groups excluding carboxylic acids is 4. The molecular weight excluding hydrogens is 878 g/mol. The number of ketones is 1. The molecule has 12 nitrogen and oxygen atoms in total. The Morgan fingerprint density at radius 3 is 2.09 bits per heavy atom. The molecule has 0 saturated heterocycles. The van der Waals surface area contributed by atoms with Crippen LogP contribution in [0.1, 0.15) is 150 Å². The first-order valence-electron chi connectivity index (χ1n) is 25.4. The minimum Gasteiger partial charge on any atom is -0.497 e. The van der Waals surface area contributed by atoms with Crippen molar-refractivity contribution in [2.24, 2.45) is 50.2 Å². The number of hydrogen-bond acceptors (Lipinski definition) is 10. The van der Waals surface area contributed by atoms with Crippen LogP contribution in [0.2, 0.25) is 0 Å². The van der Waals surface area contributed by atoms with E-state index in [1.807, 2.05) is 36.4 Å². The minimum atomic E-state index is -3.62. The van der Waals surface area contributed by atoms with Gasteiger partial charge in [0.15, 0.2) is 11.6 Å². The van der Waals surface area contributed by atoms with E-state index in [0.717, 1.165) is 62.5 Å². The van der Waals surface area contributed by atoms with Crippen molar-refractivity contribution in [1.29, 1.82) is 0 Å². The maximum absolute atomic E-state index is 14.9. The van der Waals surface area contributed by atoms with E-state index in [-0.39, 0.29) is 94.1 Å². The van der Waals surface area contributed by atoms with Gasteiger partial charge in [0.1, 0.15) is 11.9 Å². The summed E-state index contributed by atoms with van der Waals surface area (Å²) in [5.74, 6) is 0.164. The van der Waals surface area contributed by atoms with Crippen molar-refractivity contribution in [1.82, 2.24) is 10.6 Å². The summed E-state index contributed by atoms with van der Waals surface area (Å²) < 4.78 is 36.7. The molecule has 7 rings (SSSR count). The average molecular weight is 958 g/mol. The highest BCUT2D eigenvalue weighted by Gasteiger charge is 2.70. The molecule has 5 aliphatic carbocycles. The van der Waals surface area contributed by atoms with Crippen LogP contribution in [0.4, 0.5) is 5.69 Å².